The summed E-state index contributed by atoms with van der Waals surface area (Å²) in [5.74, 6) is 1.03. The first-order chi connectivity index (χ1) is 16.0. The van der Waals surface area contributed by atoms with E-state index in [4.69, 9.17) is 10.5 Å². The van der Waals surface area contributed by atoms with E-state index >= 15 is 0 Å². The Morgan fingerprint density at radius 1 is 1.15 bits per heavy atom. The number of amides is 3. The first-order valence-corrected chi connectivity index (χ1v) is 14.0. The summed E-state index contributed by atoms with van der Waals surface area (Å²) in [5.41, 5.74) is 5.99. The summed E-state index contributed by atoms with van der Waals surface area (Å²) >= 11 is 1.67. The highest BCUT2D eigenvalue weighted by atomic mass is 32.2. The van der Waals surface area contributed by atoms with Crippen molar-refractivity contribution in [3.8, 4) is 0 Å². The lowest BCUT2D eigenvalue weighted by molar-refractivity contribution is -0.140. The van der Waals surface area contributed by atoms with Gasteiger partial charge in [0.2, 0.25) is 11.8 Å². The molecule has 8 nitrogen and oxygen atoms in total. The summed E-state index contributed by atoms with van der Waals surface area (Å²) in [6.45, 7) is 10.8. The summed E-state index contributed by atoms with van der Waals surface area (Å²) in [6.07, 6.45) is 6.67. The van der Waals surface area contributed by atoms with Gasteiger partial charge >= 0.3 is 6.09 Å². The average molecular weight is 499 g/mol. The maximum Gasteiger partial charge on any atom is 0.408 e. The fraction of sp³-hybridized carbons (Fsp3) is 0.880. The maximum atomic E-state index is 13.8. The topological polar surface area (TPSA) is 114 Å². The van der Waals surface area contributed by atoms with E-state index in [1.54, 1.807) is 30.5 Å². The molecule has 2 fully saturated rings. The Labute approximate surface area is 209 Å². The molecule has 9 heteroatoms. The van der Waals surface area contributed by atoms with Crippen LogP contribution in [0.4, 0.5) is 4.79 Å². The Morgan fingerprint density at radius 3 is 2.44 bits per heavy atom. The number of rotatable bonds is 11. The molecule has 0 radical (unpaired) electrons. The van der Waals surface area contributed by atoms with Crippen LogP contribution in [-0.2, 0) is 14.3 Å². The van der Waals surface area contributed by atoms with E-state index in [2.05, 4.69) is 17.6 Å². The molecule has 4 N–H and O–H groups in total. The number of carbonyl (C=O) groups excluding carboxylic acids is 3. The number of carbonyl (C=O) groups is 3. The molecule has 2 rings (SSSR count). The molecule has 0 aromatic carbocycles. The molecule has 196 valence electrons. The van der Waals surface area contributed by atoms with Crippen molar-refractivity contribution in [3.05, 3.63) is 0 Å². The van der Waals surface area contributed by atoms with Crippen molar-refractivity contribution < 1.29 is 19.1 Å². The van der Waals surface area contributed by atoms with Crippen molar-refractivity contribution in [2.45, 2.75) is 115 Å². The zero-order valence-electron chi connectivity index (χ0n) is 21.7. The second-order valence-electron chi connectivity index (χ2n) is 10.6. The van der Waals surface area contributed by atoms with Crippen molar-refractivity contribution in [1.29, 1.82) is 0 Å². The highest BCUT2D eigenvalue weighted by Crippen LogP contribution is 2.32. The molecule has 2 atom stereocenters. The lowest BCUT2D eigenvalue weighted by atomic mass is 9.86. The van der Waals surface area contributed by atoms with E-state index in [0.717, 1.165) is 50.7 Å². The van der Waals surface area contributed by atoms with Crippen molar-refractivity contribution in [1.82, 2.24) is 15.5 Å². The van der Waals surface area contributed by atoms with E-state index in [1.165, 1.54) is 0 Å². The fourth-order valence-electron chi connectivity index (χ4n) is 4.69. The number of alkyl carbamates (subject to hydrolysis) is 1. The zero-order valence-corrected chi connectivity index (χ0v) is 22.5. The number of likely N-dealkylation sites (tertiary alicyclic amines) is 1. The number of hydrogen-bond acceptors (Lipinski definition) is 6. The largest absolute Gasteiger partial charge is 0.447 e. The highest BCUT2D eigenvalue weighted by Gasteiger charge is 2.44. The number of nitrogens with zero attached hydrogens (tertiary/aromatic N) is 1. The van der Waals surface area contributed by atoms with Gasteiger partial charge in [0.05, 0.1) is 6.10 Å². The summed E-state index contributed by atoms with van der Waals surface area (Å²) in [4.78, 5) is 41.0. The van der Waals surface area contributed by atoms with E-state index < -0.39 is 22.9 Å². The molecular weight excluding hydrogens is 452 g/mol. The van der Waals surface area contributed by atoms with Gasteiger partial charge in [0.15, 0.2) is 0 Å². The van der Waals surface area contributed by atoms with Gasteiger partial charge in [-0.05, 0) is 84.3 Å². The predicted octanol–water partition coefficient (Wildman–Crippen LogP) is 3.43. The number of nitrogens with two attached hydrogens (primary N) is 1. The van der Waals surface area contributed by atoms with E-state index in [1.807, 2.05) is 13.8 Å². The van der Waals surface area contributed by atoms with Gasteiger partial charge in [-0.15, -0.1) is 0 Å². The molecule has 1 heterocycles. The third-order valence-corrected chi connectivity index (χ3v) is 8.29. The number of hydrogen-bond donors (Lipinski definition) is 3. The normalized spacial score (nSPS) is 24.1. The van der Waals surface area contributed by atoms with Gasteiger partial charge in [-0.2, -0.15) is 11.8 Å². The van der Waals surface area contributed by atoms with E-state index in [9.17, 15) is 14.4 Å². The van der Waals surface area contributed by atoms with Crippen LogP contribution in [0.2, 0.25) is 0 Å². The molecule has 2 aliphatic rings. The molecule has 0 bridgehead atoms. The van der Waals surface area contributed by atoms with Crippen LogP contribution < -0.4 is 16.4 Å². The highest BCUT2D eigenvalue weighted by molar-refractivity contribution is 8.00. The Bertz CT molecular complexity index is 680. The van der Waals surface area contributed by atoms with Crippen molar-refractivity contribution in [2.24, 2.45) is 11.7 Å². The van der Waals surface area contributed by atoms with Crippen LogP contribution >= 0.6 is 11.8 Å². The Morgan fingerprint density at radius 2 is 1.82 bits per heavy atom. The quantitative estimate of drug-likeness (QED) is 0.376. The number of ether oxygens (including phenoxy) is 1. The minimum absolute atomic E-state index is 0.0966. The molecule has 3 amide bonds. The summed E-state index contributed by atoms with van der Waals surface area (Å²) in [6, 6.07) is -1.01. The summed E-state index contributed by atoms with van der Waals surface area (Å²) in [5, 5.41) is 5.91. The molecule has 0 unspecified atom stereocenters. The standard InChI is InChI=1S/C25H46N4O4S/c1-6-7-15-34-25(4,5)21(28-24(32)33-17(2)3)23(31)29-14-8-9-20(29)22(30)27-16-18-10-12-19(26)13-11-18/h17-21H,6-16,26H2,1-5H3,(H,27,30)(H,28,32)/t18-,19-,20-,21-/m0/s1. The second kappa shape index (κ2) is 13.6. The number of unbranched alkanes of at least 4 members (excludes halogenated alkanes) is 1. The second-order valence-corrected chi connectivity index (χ2v) is 12.3. The molecular formula is C25H46N4O4S. The van der Waals surface area contributed by atoms with Crippen molar-refractivity contribution in [2.75, 3.05) is 18.8 Å². The van der Waals surface area contributed by atoms with Crippen molar-refractivity contribution >= 4 is 29.7 Å². The average Bonchev–Trinajstić information content (AvgIpc) is 3.26. The molecule has 0 aromatic rings. The van der Waals surface area contributed by atoms with E-state index in [0.29, 0.717) is 25.4 Å². The monoisotopic (exact) mass is 498 g/mol. The minimum Gasteiger partial charge on any atom is -0.447 e. The van der Waals surface area contributed by atoms with Crippen LogP contribution in [0.25, 0.3) is 0 Å². The lowest BCUT2D eigenvalue weighted by Gasteiger charge is -2.37. The lowest BCUT2D eigenvalue weighted by Crippen LogP contribution is -2.60. The SMILES string of the molecule is CCCCSC(C)(C)[C@@H](NC(=O)OC(C)C)C(=O)N1CCC[C@H]1C(=O)NC[C@H]1CC[C@H](N)CC1. The van der Waals surface area contributed by atoms with Crippen LogP contribution in [0.5, 0.6) is 0 Å². The number of thioether (sulfide) groups is 1. The van der Waals surface area contributed by atoms with Crippen LogP contribution in [0.1, 0.15) is 86.0 Å². The molecule has 1 saturated heterocycles. The Hall–Kier alpha value is -1.48. The predicted molar refractivity (Wildman–Crippen MR) is 138 cm³/mol. The van der Waals surface area contributed by atoms with Gasteiger partial charge < -0.3 is 26.0 Å². The van der Waals surface area contributed by atoms with Crippen LogP contribution in [0, 0.1) is 5.92 Å². The van der Waals surface area contributed by atoms with Crippen LogP contribution in [-0.4, -0.2) is 70.6 Å². The minimum atomic E-state index is -0.783. The Balaban J connectivity index is 2.07. The molecule has 1 saturated carbocycles. The van der Waals surface area contributed by atoms with Gasteiger partial charge in [-0.3, -0.25) is 9.59 Å². The Kier molecular flexibility index (Phi) is 11.5. The van der Waals surface area contributed by atoms with Crippen LogP contribution in [0.15, 0.2) is 0 Å². The van der Waals surface area contributed by atoms with Gasteiger partial charge in [-0.25, -0.2) is 4.79 Å². The van der Waals surface area contributed by atoms with Crippen molar-refractivity contribution in [3.63, 3.8) is 0 Å². The van der Waals surface area contributed by atoms with Gasteiger partial charge in [0, 0.05) is 23.9 Å². The molecule has 1 aliphatic heterocycles. The van der Waals surface area contributed by atoms with Crippen LogP contribution in [0.3, 0.4) is 0 Å². The molecule has 1 aliphatic carbocycles. The third kappa shape index (κ3) is 8.63. The fourth-order valence-corrected chi connectivity index (χ4v) is 5.97. The molecule has 0 spiro atoms. The molecule has 34 heavy (non-hydrogen) atoms. The third-order valence-electron chi connectivity index (χ3n) is 6.81. The molecule has 0 aromatic heterocycles. The first kappa shape index (κ1) is 28.8. The van der Waals surface area contributed by atoms with Gasteiger partial charge in [0.1, 0.15) is 12.1 Å². The first-order valence-electron chi connectivity index (χ1n) is 13.0. The summed E-state index contributed by atoms with van der Waals surface area (Å²) < 4.78 is 4.73. The van der Waals surface area contributed by atoms with Gasteiger partial charge in [0.25, 0.3) is 0 Å². The smallest absolute Gasteiger partial charge is 0.408 e. The van der Waals surface area contributed by atoms with E-state index in [-0.39, 0.29) is 24.0 Å². The van der Waals surface area contributed by atoms with Gasteiger partial charge in [-0.1, -0.05) is 13.3 Å². The maximum absolute atomic E-state index is 13.8. The number of nitrogens with one attached hydrogen (secondary N) is 2. The zero-order chi connectivity index (χ0) is 25.3. The summed E-state index contributed by atoms with van der Waals surface area (Å²) in [7, 11) is 0.